The molecule has 14 heavy (non-hydrogen) atoms. The van der Waals surface area contributed by atoms with Gasteiger partial charge in [0.25, 0.3) is 0 Å². The van der Waals surface area contributed by atoms with Crippen LogP contribution in [0, 0.1) is 0 Å². The summed E-state index contributed by atoms with van der Waals surface area (Å²) in [6.07, 6.45) is 1.12. The molecule has 0 aliphatic carbocycles. The van der Waals surface area contributed by atoms with Crippen LogP contribution in [0.3, 0.4) is 0 Å². The number of ether oxygens (including phenoxy) is 1. The van der Waals surface area contributed by atoms with Crippen molar-refractivity contribution in [3.8, 4) is 0 Å². The van der Waals surface area contributed by atoms with E-state index in [1.54, 1.807) is 7.11 Å². The Labute approximate surface area is 88.8 Å². The zero-order chi connectivity index (χ0) is 10.8. The Balaban J connectivity index is 3.62. The highest BCUT2D eigenvalue weighted by atomic mass is 16.5. The van der Waals surface area contributed by atoms with Gasteiger partial charge in [0.05, 0.1) is 0 Å². The third kappa shape index (κ3) is 6.35. The maximum absolute atomic E-state index is 5.09. The lowest BCUT2D eigenvalue weighted by atomic mass is 10.2. The number of hydrogen-bond donors (Lipinski definition) is 1. The molecule has 0 aromatic heterocycles. The van der Waals surface area contributed by atoms with Crippen molar-refractivity contribution in [3.05, 3.63) is 0 Å². The number of nitrogens with zero attached hydrogens (tertiary/aromatic N) is 1. The van der Waals surface area contributed by atoms with Crippen LogP contribution in [0.5, 0.6) is 0 Å². The highest BCUT2D eigenvalue weighted by Gasteiger charge is 2.10. The fraction of sp³-hybridized carbons (Fsp3) is 1.00. The Kier molecular flexibility index (Phi) is 9.35. The summed E-state index contributed by atoms with van der Waals surface area (Å²) in [7, 11) is 1.77. The number of hydrogen-bond acceptors (Lipinski definition) is 3. The number of nitrogens with one attached hydrogen (secondary N) is 1. The van der Waals surface area contributed by atoms with Crippen LogP contribution < -0.4 is 5.32 Å². The Morgan fingerprint density at radius 3 is 2.57 bits per heavy atom. The number of methoxy groups -OCH3 is 1. The Morgan fingerprint density at radius 2 is 2.07 bits per heavy atom. The van der Waals surface area contributed by atoms with Crippen molar-refractivity contribution in [2.75, 3.05) is 39.9 Å². The van der Waals surface area contributed by atoms with Crippen LogP contribution in [0.25, 0.3) is 0 Å². The second-order valence-corrected chi connectivity index (χ2v) is 3.61. The van der Waals surface area contributed by atoms with E-state index < -0.39 is 0 Å². The largest absolute Gasteiger partial charge is 0.385 e. The van der Waals surface area contributed by atoms with Crippen LogP contribution in [-0.2, 0) is 4.74 Å². The van der Waals surface area contributed by atoms with E-state index in [4.69, 9.17) is 4.74 Å². The van der Waals surface area contributed by atoms with Crippen LogP contribution in [0.4, 0.5) is 0 Å². The molecule has 0 aromatic carbocycles. The van der Waals surface area contributed by atoms with Gasteiger partial charge in [-0.1, -0.05) is 13.8 Å². The third-order valence-corrected chi connectivity index (χ3v) is 2.60. The van der Waals surface area contributed by atoms with Crippen LogP contribution in [-0.4, -0.2) is 50.8 Å². The van der Waals surface area contributed by atoms with Crippen molar-refractivity contribution in [1.82, 2.24) is 10.2 Å². The molecule has 0 rings (SSSR count). The van der Waals surface area contributed by atoms with E-state index in [1.165, 1.54) is 0 Å². The second-order valence-electron chi connectivity index (χ2n) is 3.61. The van der Waals surface area contributed by atoms with Crippen LogP contribution in [0.15, 0.2) is 0 Å². The SMILES string of the molecule is CCNCCN(CC)C(C)CCOC. The zero-order valence-electron chi connectivity index (χ0n) is 10.2. The second kappa shape index (κ2) is 9.44. The average molecular weight is 202 g/mol. The van der Waals surface area contributed by atoms with Gasteiger partial charge in [0.2, 0.25) is 0 Å². The van der Waals surface area contributed by atoms with Crippen molar-refractivity contribution in [2.45, 2.75) is 33.2 Å². The topological polar surface area (TPSA) is 24.5 Å². The smallest absolute Gasteiger partial charge is 0.0477 e. The van der Waals surface area contributed by atoms with Gasteiger partial charge in [0.1, 0.15) is 0 Å². The predicted octanol–water partition coefficient (Wildman–Crippen LogP) is 1.34. The summed E-state index contributed by atoms with van der Waals surface area (Å²) < 4.78 is 5.09. The van der Waals surface area contributed by atoms with Crippen molar-refractivity contribution in [3.63, 3.8) is 0 Å². The first kappa shape index (κ1) is 13.9. The van der Waals surface area contributed by atoms with E-state index in [2.05, 4.69) is 31.0 Å². The lowest BCUT2D eigenvalue weighted by Gasteiger charge is -2.27. The first-order valence-electron chi connectivity index (χ1n) is 5.69. The van der Waals surface area contributed by atoms with Gasteiger partial charge in [-0.3, -0.25) is 4.90 Å². The highest BCUT2D eigenvalue weighted by Crippen LogP contribution is 2.02. The standard InChI is InChI=1S/C11H26N2O/c1-5-12-8-9-13(6-2)11(3)7-10-14-4/h11-12H,5-10H2,1-4H3. The normalized spacial score (nSPS) is 13.5. The number of rotatable bonds is 9. The van der Waals surface area contributed by atoms with Crippen LogP contribution >= 0.6 is 0 Å². The Hall–Kier alpha value is -0.120. The average Bonchev–Trinajstić information content (AvgIpc) is 2.21. The third-order valence-electron chi connectivity index (χ3n) is 2.60. The van der Waals surface area contributed by atoms with Gasteiger partial charge in [-0.15, -0.1) is 0 Å². The Morgan fingerprint density at radius 1 is 1.36 bits per heavy atom. The molecule has 3 nitrogen and oxygen atoms in total. The van der Waals surface area contributed by atoms with Gasteiger partial charge in [-0.05, 0) is 26.4 Å². The van der Waals surface area contributed by atoms with Gasteiger partial charge < -0.3 is 10.1 Å². The predicted molar refractivity (Wildman–Crippen MR) is 61.7 cm³/mol. The first-order valence-corrected chi connectivity index (χ1v) is 5.69. The molecule has 1 unspecified atom stereocenters. The fourth-order valence-corrected chi connectivity index (χ4v) is 1.56. The molecule has 0 saturated carbocycles. The molecule has 1 atom stereocenters. The maximum atomic E-state index is 5.09. The van der Waals surface area contributed by atoms with E-state index in [1.807, 2.05) is 0 Å². The van der Waals surface area contributed by atoms with Crippen molar-refractivity contribution in [2.24, 2.45) is 0 Å². The van der Waals surface area contributed by atoms with Gasteiger partial charge >= 0.3 is 0 Å². The zero-order valence-corrected chi connectivity index (χ0v) is 10.2. The lowest BCUT2D eigenvalue weighted by molar-refractivity contribution is 0.142. The van der Waals surface area contributed by atoms with Crippen LogP contribution in [0.1, 0.15) is 27.2 Å². The molecule has 0 aromatic rings. The molecule has 1 N–H and O–H groups in total. The molecule has 0 aliphatic heterocycles. The monoisotopic (exact) mass is 202 g/mol. The molecule has 0 radical (unpaired) electrons. The minimum atomic E-state index is 0.624. The van der Waals surface area contributed by atoms with Crippen molar-refractivity contribution in [1.29, 1.82) is 0 Å². The van der Waals surface area contributed by atoms with Gasteiger partial charge in [-0.2, -0.15) is 0 Å². The molecule has 0 heterocycles. The molecule has 0 fully saturated rings. The summed E-state index contributed by atoms with van der Waals surface area (Å²) in [5.41, 5.74) is 0. The summed E-state index contributed by atoms with van der Waals surface area (Å²) in [5.74, 6) is 0. The summed E-state index contributed by atoms with van der Waals surface area (Å²) >= 11 is 0. The number of likely N-dealkylation sites (N-methyl/N-ethyl adjacent to an activating group) is 2. The molecule has 3 heteroatoms. The van der Waals surface area contributed by atoms with E-state index in [0.29, 0.717) is 6.04 Å². The van der Waals surface area contributed by atoms with E-state index >= 15 is 0 Å². The van der Waals surface area contributed by atoms with Crippen molar-refractivity contribution < 1.29 is 4.74 Å². The molecule has 0 aliphatic rings. The molecule has 86 valence electrons. The molecular formula is C11H26N2O. The van der Waals surface area contributed by atoms with E-state index in [9.17, 15) is 0 Å². The minimum Gasteiger partial charge on any atom is -0.385 e. The van der Waals surface area contributed by atoms with Gasteiger partial charge in [-0.25, -0.2) is 0 Å². The minimum absolute atomic E-state index is 0.624. The maximum Gasteiger partial charge on any atom is 0.0477 e. The van der Waals surface area contributed by atoms with Gasteiger partial charge in [0.15, 0.2) is 0 Å². The molecule has 0 saturated heterocycles. The molecule has 0 bridgehead atoms. The highest BCUT2D eigenvalue weighted by molar-refractivity contribution is 4.66. The quantitative estimate of drug-likeness (QED) is 0.571. The van der Waals surface area contributed by atoms with Crippen LogP contribution in [0.2, 0.25) is 0 Å². The molecule has 0 spiro atoms. The fourth-order valence-electron chi connectivity index (χ4n) is 1.56. The first-order chi connectivity index (χ1) is 6.76. The summed E-state index contributed by atoms with van der Waals surface area (Å²) in [4.78, 5) is 2.49. The Bertz CT molecular complexity index is 120. The lowest BCUT2D eigenvalue weighted by Crippen LogP contribution is -2.38. The van der Waals surface area contributed by atoms with Crippen molar-refractivity contribution >= 4 is 0 Å². The van der Waals surface area contributed by atoms with E-state index in [-0.39, 0.29) is 0 Å². The van der Waals surface area contributed by atoms with Gasteiger partial charge in [0, 0.05) is 32.8 Å². The van der Waals surface area contributed by atoms with E-state index in [0.717, 1.165) is 39.2 Å². The molecular weight excluding hydrogens is 176 g/mol. The summed E-state index contributed by atoms with van der Waals surface area (Å²) in [5, 5.41) is 3.35. The summed E-state index contributed by atoms with van der Waals surface area (Å²) in [6.45, 7) is 11.9. The summed E-state index contributed by atoms with van der Waals surface area (Å²) in [6, 6.07) is 0.624. The molecule has 0 amide bonds.